The summed E-state index contributed by atoms with van der Waals surface area (Å²) in [7, 11) is 0. The molecule has 0 spiro atoms. The molecular weight excluding hydrogens is 260 g/mol. The Bertz CT molecular complexity index is 597. The molecule has 0 saturated carbocycles. The van der Waals surface area contributed by atoms with Crippen molar-refractivity contribution >= 4 is 12.0 Å². The first-order valence-corrected chi connectivity index (χ1v) is 7.23. The molecule has 2 nitrogen and oxygen atoms in total. The minimum absolute atomic E-state index is 0.0601. The topological polar surface area (TPSA) is 26.3 Å². The molecule has 0 bridgehead atoms. The molecule has 0 saturated heterocycles. The van der Waals surface area contributed by atoms with E-state index in [2.05, 4.69) is 24.3 Å². The van der Waals surface area contributed by atoms with Gasteiger partial charge in [0.25, 0.3) is 0 Å². The summed E-state index contributed by atoms with van der Waals surface area (Å²) in [6.45, 7) is 3.84. The largest absolute Gasteiger partial charge is 0.434 e. The van der Waals surface area contributed by atoms with Gasteiger partial charge in [-0.05, 0) is 29.2 Å². The van der Waals surface area contributed by atoms with Crippen molar-refractivity contribution in [2.45, 2.75) is 20.3 Å². The second-order valence-electron chi connectivity index (χ2n) is 5.04. The molecule has 0 aliphatic heterocycles. The fraction of sp³-hybridized carbons (Fsp3) is 0.211. The average molecular weight is 280 g/mol. The molecule has 1 atom stereocenters. The van der Waals surface area contributed by atoms with Crippen LogP contribution in [0.1, 0.15) is 25.8 Å². The van der Waals surface area contributed by atoms with Crippen molar-refractivity contribution in [3.63, 3.8) is 0 Å². The predicted molar refractivity (Wildman–Crippen MR) is 86.5 cm³/mol. The lowest BCUT2D eigenvalue weighted by molar-refractivity contribution is -0.142. The molecule has 0 aromatic heterocycles. The minimum atomic E-state index is -0.186. The zero-order valence-electron chi connectivity index (χ0n) is 12.5. The minimum Gasteiger partial charge on any atom is -0.434 e. The standard InChI is InChI=1S/C19H20O2/c1-3-15(2)19(20)21-14-13-16-9-11-18(12-10-16)17-7-5-4-6-8-17/h4-15H,3H2,1-2H3. The molecule has 0 amide bonds. The van der Waals surface area contributed by atoms with Crippen LogP contribution in [0.5, 0.6) is 0 Å². The number of rotatable bonds is 5. The summed E-state index contributed by atoms with van der Waals surface area (Å²) in [6, 6.07) is 18.4. The molecule has 2 rings (SSSR count). The number of ether oxygens (including phenoxy) is 1. The van der Waals surface area contributed by atoms with Crippen LogP contribution >= 0.6 is 0 Å². The highest BCUT2D eigenvalue weighted by molar-refractivity contribution is 5.73. The van der Waals surface area contributed by atoms with Crippen molar-refractivity contribution in [1.82, 2.24) is 0 Å². The summed E-state index contributed by atoms with van der Waals surface area (Å²) in [6.07, 6.45) is 4.06. The summed E-state index contributed by atoms with van der Waals surface area (Å²) in [5.41, 5.74) is 3.37. The monoisotopic (exact) mass is 280 g/mol. The van der Waals surface area contributed by atoms with Gasteiger partial charge in [-0.3, -0.25) is 4.79 Å². The molecule has 0 radical (unpaired) electrons. The number of hydrogen-bond donors (Lipinski definition) is 0. The zero-order valence-corrected chi connectivity index (χ0v) is 12.5. The van der Waals surface area contributed by atoms with Crippen molar-refractivity contribution in [3.8, 4) is 11.1 Å². The average Bonchev–Trinajstić information content (AvgIpc) is 2.55. The molecule has 2 aromatic rings. The molecule has 0 fully saturated rings. The highest BCUT2D eigenvalue weighted by Crippen LogP contribution is 2.19. The van der Waals surface area contributed by atoms with Crippen LogP contribution < -0.4 is 0 Å². The van der Waals surface area contributed by atoms with E-state index in [1.807, 2.05) is 44.2 Å². The third-order valence-electron chi connectivity index (χ3n) is 3.48. The van der Waals surface area contributed by atoms with Crippen LogP contribution in [-0.4, -0.2) is 5.97 Å². The molecule has 0 heterocycles. The van der Waals surface area contributed by atoms with Gasteiger partial charge in [-0.2, -0.15) is 0 Å². The van der Waals surface area contributed by atoms with E-state index in [0.717, 1.165) is 12.0 Å². The van der Waals surface area contributed by atoms with Crippen molar-refractivity contribution < 1.29 is 9.53 Å². The molecule has 2 heteroatoms. The molecule has 21 heavy (non-hydrogen) atoms. The highest BCUT2D eigenvalue weighted by atomic mass is 16.5. The zero-order chi connectivity index (χ0) is 15.1. The summed E-state index contributed by atoms with van der Waals surface area (Å²) in [4.78, 5) is 11.5. The first-order valence-electron chi connectivity index (χ1n) is 7.23. The van der Waals surface area contributed by atoms with Crippen LogP contribution in [0, 0.1) is 5.92 Å². The SMILES string of the molecule is CCC(C)C(=O)OC=Cc1ccc(-c2ccccc2)cc1. The van der Waals surface area contributed by atoms with Crippen molar-refractivity contribution in [3.05, 3.63) is 66.4 Å². The van der Waals surface area contributed by atoms with Gasteiger partial charge >= 0.3 is 5.97 Å². The van der Waals surface area contributed by atoms with Gasteiger partial charge in [-0.15, -0.1) is 0 Å². The van der Waals surface area contributed by atoms with Gasteiger partial charge in [0.15, 0.2) is 0 Å². The smallest absolute Gasteiger partial charge is 0.313 e. The van der Waals surface area contributed by atoms with Crippen molar-refractivity contribution in [1.29, 1.82) is 0 Å². The first kappa shape index (κ1) is 15.0. The Morgan fingerprint density at radius 1 is 1.05 bits per heavy atom. The fourth-order valence-electron chi connectivity index (χ4n) is 1.88. The van der Waals surface area contributed by atoms with E-state index in [0.29, 0.717) is 0 Å². The van der Waals surface area contributed by atoms with Gasteiger partial charge in [0, 0.05) is 0 Å². The van der Waals surface area contributed by atoms with E-state index in [9.17, 15) is 4.79 Å². The molecule has 108 valence electrons. The number of benzene rings is 2. The van der Waals surface area contributed by atoms with Crippen molar-refractivity contribution in [2.24, 2.45) is 5.92 Å². The Morgan fingerprint density at radius 2 is 1.67 bits per heavy atom. The maximum absolute atomic E-state index is 11.5. The predicted octanol–water partition coefficient (Wildman–Crippen LogP) is 4.91. The van der Waals surface area contributed by atoms with Crippen LogP contribution in [0.25, 0.3) is 17.2 Å². The Morgan fingerprint density at radius 3 is 2.29 bits per heavy atom. The molecule has 0 aliphatic rings. The summed E-state index contributed by atoms with van der Waals surface area (Å²) >= 11 is 0. The maximum Gasteiger partial charge on any atom is 0.313 e. The van der Waals surface area contributed by atoms with E-state index in [1.54, 1.807) is 6.08 Å². The molecule has 0 N–H and O–H groups in total. The van der Waals surface area contributed by atoms with Gasteiger partial charge in [-0.25, -0.2) is 0 Å². The van der Waals surface area contributed by atoms with Gasteiger partial charge in [-0.1, -0.05) is 68.4 Å². The van der Waals surface area contributed by atoms with Crippen LogP contribution in [0.3, 0.4) is 0 Å². The molecular formula is C19H20O2. The fourth-order valence-corrected chi connectivity index (χ4v) is 1.88. The van der Waals surface area contributed by atoms with Gasteiger partial charge in [0.05, 0.1) is 12.2 Å². The van der Waals surface area contributed by atoms with Crippen LogP contribution in [-0.2, 0) is 9.53 Å². The lowest BCUT2D eigenvalue weighted by atomic mass is 10.0. The van der Waals surface area contributed by atoms with Crippen LogP contribution in [0.4, 0.5) is 0 Å². The molecule has 2 aromatic carbocycles. The Hall–Kier alpha value is -2.35. The van der Waals surface area contributed by atoms with Gasteiger partial charge in [0.2, 0.25) is 0 Å². The number of esters is 1. The van der Waals surface area contributed by atoms with E-state index in [1.165, 1.54) is 17.4 Å². The molecule has 0 aliphatic carbocycles. The highest BCUT2D eigenvalue weighted by Gasteiger charge is 2.09. The summed E-state index contributed by atoms with van der Waals surface area (Å²) in [5, 5.41) is 0. The van der Waals surface area contributed by atoms with Crippen molar-refractivity contribution in [2.75, 3.05) is 0 Å². The Kier molecular flexibility index (Phi) is 5.33. The van der Waals surface area contributed by atoms with Gasteiger partial charge < -0.3 is 4.74 Å². The lowest BCUT2D eigenvalue weighted by Gasteiger charge is -2.05. The number of carbonyl (C=O) groups excluding carboxylic acids is 1. The quantitative estimate of drug-likeness (QED) is 0.574. The first-order chi connectivity index (χ1) is 10.2. The maximum atomic E-state index is 11.5. The second kappa shape index (κ2) is 7.44. The lowest BCUT2D eigenvalue weighted by Crippen LogP contribution is -2.10. The van der Waals surface area contributed by atoms with E-state index >= 15 is 0 Å². The second-order valence-corrected chi connectivity index (χ2v) is 5.04. The van der Waals surface area contributed by atoms with E-state index in [-0.39, 0.29) is 11.9 Å². The van der Waals surface area contributed by atoms with E-state index < -0.39 is 0 Å². The number of hydrogen-bond acceptors (Lipinski definition) is 2. The van der Waals surface area contributed by atoms with Crippen LogP contribution in [0.2, 0.25) is 0 Å². The van der Waals surface area contributed by atoms with E-state index in [4.69, 9.17) is 4.74 Å². The summed E-state index contributed by atoms with van der Waals surface area (Å²) in [5.74, 6) is -0.246. The normalized spacial score (nSPS) is 12.3. The van der Waals surface area contributed by atoms with Crippen LogP contribution in [0.15, 0.2) is 60.9 Å². The molecule has 1 unspecified atom stereocenters. The van der Waals surface area contributed by atoms with Gasteiger partial charge in [0.1, 0.15) is 0 Å². The third-order valence-corrected chi connectivity index (χ3v) is 3.48. The Balaban J connectivity index is 1.98. The summed E-state index contributed by atoms with van der Waals surface area (Å²) < 4.78 is 5.09. The number of carbonyl (C=O) groups is 1. The Labute approximate surface area is 126 Å². The third kappa shape index (κ3) is 4.32.